The molecule has 2 radical (unpaired) electrons. The van der Waals surface area contributed by atoms with Crippen LogP contribution in [0.1, 0.15) is 74.9 Å². The molecule has 57 heavy (non-hydrogen) atoms. The second-order valence-corrected chi connectivity index (χ2v) is 18.3. The highest BCUT2D eigenvalue weighted by atomic mass is 79.9. The molecule has 0 atom stereocenters. The number of halogens is 2. The number of benzene rings is 6. The Hall–Kier alpha value is -5.44. The van der Waals surface area contributed by atoms with Gasteiger partial charge in [0.05, 0.1) is 5.41 Å². The second-order valence-electron chi connectivity index (χ2n) is 16.5. The Balaban J connectivity index is 1.27. The van der Waals surface area contributed by atoms with Crippen molar-refractivity contribution in [2.24, 2.45) is 0 Å². The normalized spacial score (nSPS) is 13.4. The molecule has 2 aromatic heterocycles. The van der Waals surface area contributed by atoms with Crippen LogP contribution in [0, 0.1) is 12.1 Å². The number of rotatable bonds is 6. The molecule has 0 saturated heterocycles. The first kappa shape index (κ1) is 37.2. The molecule has 8 aromatic rings. The molecule has 2 heterocycles. The van der Waals surface area contributed by atoms with Gasteiger partial charge in [0.25, 0.3) is 0 Å². The molecule has 0 spiro atoms. The molecular weight excluding hydrogens is 836 g/mol. The minimum atomic E-state index is -0.972. The summed E-state index contributed by atoms with van der Waals surface area (Å²) in [6.07, 6.45) is 0. The summed E-state index contributed by atoms with van der Waals surface area (Å²) in [7, 11) is 0. The monoisotopic (exact) mass is 872 g/mol. The molecule has 0 fully saturated rings. The molecule has 0 amide bonds. The third kappa shape index (κ3) is 6.30. The lowest BCUT2D eigenvalue weighted by Gasteiger charge is -2.36. The van der Waals surface area contributed by atoms with Gasteiger partial charge >= 0.3 is 0 Å². The highest BCUT2D eigenvalue weighted by Gasteiger charge is 2.50. The van der Waals surface area contributed by atoms with Gasteiger partial charge < -0.3 is 8.83 Å². The minimum absolute atomic E-state index is 0.0215. The van der Waals surface area contributed by atoms with Crippen molar-refractivity contribution in [1.82, 2.24) is 20.4 Å². The second kappa shape index (κ2) is 13.9. The van der Waals surface area contributed by atoms with E-state index in [0.717, 1.165) is 64.6 Å². The predicted molar refractivity (Wildman–Crippen MR) is 232 cm³/mol. The molecule has 280 valence electrons. The summed E-state index contributed by atoms with van der Waals surface area (Å²) < 4.78 is 15.0. The van der Waals surface area contributed by atoms with E-state index in [0.29, 0.717) is 23.6 Å². The van der Waals surface area contributed by atoms with Crippen LogP contribution in [0.25, 0.3) is 56.9 Å². The number of fused-ring (bicyclic) bond motifs is 3. The maximum atomic E-state index is 6.58. The smallest absolute Gasteiger partial charge is 0.248 e. The minimum Gasteiger partial charge on any atom is -0.416 e. The van der Waals surface area contributed by atoms with Gasteiger partial charge in [0.2, 0.25) is 23.6 Å². The highest BCUT2D eigenvalue weighted by molar-refractivity contribution is 9.10. The van der Waals surface area contributed by atoms with Crippen molar-refractivity contribution >= 4 is 31.9 Å². The number of hydrogen-bond donors (Lipinski definition) is 0. The van der Waals surface area contributed by atoms with Gasteiger partial charge in [0.1, 0.15) is 0 Å². The van der Waals surface area contributed by atoms with Crippen LogP contribution in [0.5, 0.6) is 0 Å². The Kier molecular flexibility index (Phi) is 9.05. The Morgan fingerprint density at radius 1 is 0.509 bits per heavy atom. The summed E-state index contributed by atoms with van der Waals surface area (Å²) in [6.45, 7) is 13.2. The van der Waals surface area contributed by atoms with E-state index in [4.69, 9.17) is 8.83 Å². The molecule has 0 aliphatic heterocycles. The Labute approximate surface area is 349 Å². The quantitative estimate of drug-likeness (QED) is 0.166. The van der Waals surface area contributed by atoms with E-state index in [1.807, 2.05) is 60.7 Å². The molecule has 0 N–H and O–H groups in total. The van der Waals surface area contributed by atoms with Crippen LogP contribution in [-0.4, -0.2) is 20.4 Å². The Morgan fingerprint density at radius 2 is 1.00 bits per heavy atom. The maximum Gasteiger partial charge on any atom is 0.248 e. The summed E-state index contributed by atoms with van der Waals surface area (Å²) in [4.78, 5) is 0. The lowest BCUT2D eigenvalue weighted by atomic mass is 9.65. The van der Waals surface area contributed by atoms with Crippen LogP contribution in [0.2, 0.25) is 0 Å². The van der Waals surface area contributed by atoms with Crippen LogP contribution in [-0.2, 0) is 16.2 Å². The van der Waals surface area contributed by atoms with Gasteiger partial charge in [-0.2, -0.15) is 0 Å². The largest absolute Gasteiger partial charge is 0.416 e. The molecule has 1 aliphatic carbocycles. The molecule has 6 aromatic carbocycles. The van der Waals surface area contributed by atoms with Crippen molar-refractivity contribution in [2.75, 3.05) is 0 Å². The molecule has 0 saturated carbocycles. The van der Waals surface area contributed by atoms with Gasteiger partial charge in [0.15, 0.2) is 0 Å². The standard InChI is InChI=1S/C49H38Br2N4O2/c1-47(2,3)31-22-18-29(19-23-31)43-52-54-45(56-43)36-12-7-9-15-38(36)49(40-28-33(50)26-27-34(40)35-14-11-17-41(51)42(35)49)39-16-10-8-13-37(39)46-55-53-44(57-46)30-20-24-32(25-21-30)48(4,5)6/h7-8,11-28H,1-6H3. The Morgan fingerprint density at radius 3 is 1.49 bits per heavy atom. The summed E-state index contributed by atoms with van der Waals surface area (Å²) >= 11 is 7.87. The first-order valence-corrected chi connectivity index (χ1v) is 20.4. The number of nitrogens with zero attached hydrogens (tertiary/aromatic N) is 4. The summed E-state index contributed by atoms with van der Waals surface area (Å²) in [6, 6.07) is 48.1. The molecule has 0 bridgehead atoms. The SMILES string of the molecule is CC(C)(C)c1ccc(-c2nnc(-c3cc[c]cc3C3(c4c[c]ccc4-c4nnc(-c5ccc(C(C)(C)C)cc5)o4)c4cc(Br)ccc4-c4cccc(Br)c43)o2)cc1. The van der Waals surface area contributed by atoms with Crippen molar-refractivity contribution < 1.29 is 8.83 Å². The fourth-order valence-corrected chi connectivity index (χ4v) is 9.03. The van der Waals surface area contributed by atoms with Gasteiger partial charge in [-0.1, -0.05) is 128 Å². The zero-order valence-corrected chi connectivity index (χ0v) is 35.6. The van der Waals surface area contributed by atoms with Crippen molar-refractivity contribution in [3.63, 3.8) is 0 Å². The molecular formula is C49H38Br2N4O2. The van der Waals surface area contributed by atoms with Gasteiger partial charge in [-0.05, 0) is 134 Å². The van der Waals surface area contributed by atoms with Crippen LogP contribution in [0.4, 0.5) is 0 Å². The van der Waals surface area contributed by atoms with Crippen LogP contribution in [0.3, 0.4) is 0 Å². The van der Waals surface area contributed by atoms with Crippen molar-refractivity contribution in [3.05, 3.63) is 176 Å². The van der Waals surface area contributed by atoms with Crippen LogP contribution >= 0.6 is 31.9 Å². The maximum absolute atomic E-state index is 6.58. The number of hydrogen-bond acceptors (Lipinski definition) is 6. The third-order valence-corrected chi connectivity index (χ3v) is 12.1. The van der Waals surface area contributed by atoms with Crippen molar-refractivity contribution in [3.8, 4) is 56.9 Å². The average molecular weight is 875 g/mol. The lowest BCUT2D eigenvalue weighted by molar-refractivity contribution is 0.578. The molecule has 9 rings (SSSR count). The van der Waals surface area contributed by atoms with Gasteiger partial charge in [-0.15, -0.1) is 20.4 Å². The van der Waals surface area contributed by atoms with Gasteiger partial charge in [-0.25, -0.2) is 0 Å². The summed E-state index contributed by atoms with van der Waals surface area (Å²) in [5.41, 5.74) is 10.8. The molecule has 8 heteroatoms. The summed E-state index contributed by atoms with van der Waals surface area (Å²) in [5.74, 6) is 1.67. The third-order valence-electron chi connectivity index (χ3n) is 10.9. The fraction of sp³-hybridized carbons (Fsp3) is 0.184. The van der Waals surface area contributed by atoms with Crippen molar-refractivity contribution in [2.45, 2.75) is 57.8 Å². The van der Waals surface area contributed by atoms with Crippen LogP contribution < -0.4 is 0 Å². The van der Waals surface area contributed by atoms with Gasteiger partial charge in [-0.3, -0.25) is 0 Å². The highest BCUT2D eigenvalue weighted by Crippen LogP contribution is 2.61. The topological polar surface area (TPSA) is 77.8 Å². The van der Waals surface area contributed by atoms with Gasteiger partial charge in [0, 0.05) is 31.2 Å². The summed E-state index contributed by atoms with van der Waals surface area (Å²) in [5, 5.41) is 18.5. The first-order chi connectivity index (χ1) is 27.3. The van der Waals surface area contributed by atoms with E-state index in [9.17, 15) is 0 Å². The van der Waals surface area contributed by atoms with E-state index in [2.05, 4.69) is 167 Å². The zero-order valence-electron chi connectivity index (χ0n) is 32.4. The van der Waals surface area contributed by atoms with E-state index < -0.39 is 5.41 Å². The van der Waals surface area contributed by atoms with E-state index in [-0.39, 0.29) is 10.8 Å². The Bertz CT molecular complexity index is 2650. The van der Waals surface area contributed by atoms with E-state index in [1.54, 1.807) is 0 Å². The first-order valence-electron chi connectivity index (χ1n) is 18.8. The predicted octanol–water partition coefficient (Wildman–Crippen LogP) is 13.2. The molecule has 0 unspecified atom stereocenters. The van der Waals surface area contributed by atoms with Crippen molar-refractivity contribution in [1.29, 1.82) is 0 Å². The van der Waals surface area contributed by atoms with Crippen LogP contribution in [0.15, 0.2) is 139 Å². The van der Waals surface area contributed by atoms with E-state index in [1.165, 1.54) is 11.1 Å². The van der Waals surface area contributed by atoms with E-state index >= 15 is 0 Å². The fourth-order valence-electron chi connectivity index (χ4n) is 8.01. The molecule has 6 nitrogen and oxygen atoms in total. The number of aromatic nitrogens is 4. The zero-order chi connectivity index (χ0) is 39.7. The lowest BCUT2D eigenvalue weighted by Crippen LogP contribution is -2.30. The average Bonchev–Trinajstić information content (AvgIpc) is 3.96. The molecule has 1 aliphatic rings.